The normalized spacial score (nSPS) is 11.1. The summed E-state index contributed by atoms with van der Waals surface area (Å²) in [6.07, 6.45) is 4.16. The van der Waals surface area contributed by atoms with E-state index in [0.717, 1.165) is 22.6 Å². The molecule has 0 aliphatic heterocycles. The van der Waals surface area contributed by atoms with Crippen LogP contribution in [0.25, 0.3) is 17.0 Å². The Bertz CT molecular complexity index is 494. The van der Waals surface area contributed by atoms with Gasteiger partial charge in [0.15, 0.2) is 0 Å². The first-order chi connectivity index (χ1) is 6.77. The third-order valence-electron chi connectivity index (χ3n) is 1.92. The summed E-state index contributed by atoms with van der Waals surface area (Å²) in [5.41, 5.74) is 1.54. The van der Waals surface area contributed by atoms with Gasteiger partial charge in [-0.25, -0.2) is 4.79 Å². The minimum Gasteiger partial charge on any atom is -0.478 e. The van der Waals surface area contributed by atoms with Crippen LogP contribution in [0.2, 0.25) is 0 Å². The molecule has 70 valence electrons. The van der Waals surface area contributed by atoms with Crippen molar-refractivity contribution in [3.05, 3.63) is 42.2 Å². The van der Waals surface area contributed by atoms with Crippen LogP contribution in [0.1, 0.15) is 5.56 Å². The Labute approximate surface area is 80.3 Å². The molecule has 0 aliphatic rings. The Morgan fingerprint density at radius 1 is 1.36 bits per heavy atom. The molecule has 3 nitrogen and oxygen atoms in total. The minimum absolute atomic E-state index is 0.762. The first-order valence-electron chi connectivity index (χ1n) is 4.14. The van der Waals surface area contributed by atoms with E-state index in [4.69, 9.17) is 9.52 Å². The summed E-state index contributed by atoms with van der Waals surface area (Å²) in [4.78, 5) is 10.3. The Kier molecular flexibility index (Phi) is 2.07. The van der Waals surface area contributed by atoms with Crippen LogP contribution in [-0.2, 0) is 4.79 Å². The number of carbonyl (C=O) groups is 1. The molecule has 0 amide bonds. The molecular formula is C11H8O3. The molecule has 0 bridgehead atoms. The lowest BCUT2D eigenvalue weighted by molar-refractivity contribution is -0.131. The van der Waals surface area contributed by atoms with Crippen LogP contribution < -0.4 is 0 Å². The van der Waals surface area contributed by atoms with Crippen molar-refractivity contribution in [2.75, 3.05) is 0 Å². The van der Waals surface area contributed by atoms with Gasteiger partial charge in [-0.2, -0.15) is 0 Å². The molecule has 0 spiro atoms. The zero-order valence-electron chi connectivity index (χ0n) is 7.31. The largest absolute Gasteiger partial charge is 0.478 e. The Hall–Kier alpha value is -2.03. The van der Waals surface area contributed by atoms with Crippen molar-refractivity contribution in [3.8, 4) is 0 Å². The third-order valence-corrected chi connectivity index (χ3v) is 1.92. The number of para-hydroxylation sites is 1. The van der Waals surface area contributed by atoms with Gasteiger partial charge in [0.25, 0.3) is 0 Å². The van der Waals surface area contributed by atoms with E-state index in [1.165, 1.54) is 6.08 Å². The zero-order chi connectivity index (χ0) is 9.97. The number of hydrogen-bond donors (Lipinski definition) is 1. The van der Waals surface area contributed by atoms with Crippen LogP contribution in [0.4, 0.5) is 0 Å². The molecule has 1 aromatic heterocycles. The van der Waals surface area contributed by atoms with Gasteiger partial charge in [-0.15, -0.1) is 0 Å². The van der Waals surface area contributed by atoms with Crippen LogP contribution in [0.5, 0.6) is 0 Å². The van der Waals surface area contributed by atoms with Crippen molar-refractivity contribution in [1.82, 2.24) is 0 Å². The van der Waals surface area contributed by atoms with E-state index in [1.807, 2.05) is 24.3 Å². The monoisotopic (exact) mass is 188 g/mol. The molecule has 0 radical (unpaired) electrons. The second-order valence-electron chi connectivity index (χ2n) is 2.86. The first kappa shape index (κ1) is 8.56. The number of hydrogen-bond acceptors (Lipinski definition) is 2. The van der Waals surface area contributed by atoms with E-state index in [2.05, 4.69) is 0 Å². The molecule has 1 aromatic carbocycles. The molecule has 0 saturated heterocycles. The fraction of sp³-hybridized carbons (Fsp3) is 0. The number of furan rings is 1. The number of benzene rings is 1. The summed E-state index contributed by atoms with van der Waals surface area (Å²) in [5, 5.41) is 9.39. The highest BCUT2D eigenvalue weighted by Gasteiger charge is 2.01. The minimum atomic E-state index is -0.963. The van der Waals surface area contributed by atoms with E-state index in [-0.39, 0.29) is 0 Å². The SMILES string of the molecule is O=C(O)/C=C/c1coc2ccccc12. The third kappa shape index (κ3) is 1.52. The predicted octanol–water partition coefficient (Wildman–Crippen LogP) is 2.53. The van der Waals surface area contributed by atoms with Crippen LogP contribution in [0.3, 0.4) is 0 Å². The molecular weight excluding hydrogens is 180 g/mol. The Balaban J connectivity index is 2.48. The maximum absolute atomic E-state index is 10.3. The van der Waals surface area contributed by atoms with Crippen molar-refractivity contribution < 1.29 is 14.3 Å². The van der Waals surface area contributed by atoms with Crippen molar-refractivity contribution in [3.63, 3.8) is 0 Å². The molecule has 14 heavy (non-hydrogen) atoms. The van der Waals surface area contributed by atoms with Gasteiger partial charge in [0.05, 0.1) is 6.26 Å². The predicted molar refractivity (Wildman–Crippen MR) is 52.9 cm³/mol. The summed E-state index contributed by atoms with van der Waals surface area (Å²) in [7, 11) is 0. The van der Waals surface area contributed by atoms with Crippen molar-refractivity contribution >= 4 is 23.0 Å². The van der Waals surface area contributed by atoms with Gasteiger partial charge in [-0.3, -0.25) is 0 Å². The summed E-state index contributed by atoms with van der Waals surface area (Å²) < 4.78 is 5.24. The Morgan fingerprint density at radius 2 is 2.14 bits per heavy atom. The van der Waals surface area contributed by atoms with Gasteiger partial charge in [0.1, 0.15) is 5.58 Å². The first-order valence-corrected chi connectivity index (χ1v) is 4.14. The molecule has 2 rings (SSSR count). The zero-order valence-corrected chi connectivity index (χ0v) is 7.31. The standard InChI is InChI=1S/C11H8O3/c12-11(13)6-5-8-7-14-10-4-2-1-3-9(8)10/h1-7H,(H,12,13)/b6-5+. The summed E-state index contributed by atoms with van der Waals surface area (Å²) >= 11 is 0. The quantitative estimate of drug-likeness (QED) is 0.736. The molecule has 1 heterocycles. The average molecular weight is 188 g/mol. The van der Waals surface area contributed by atoms with Gasteiger partial charge >= 0.3 is 5.97 Å². The van der Waals surface area contributed by atoms with E-state index in [9.17, 15) is 4.79 Å². The highest BCUT2D eigenvalue weighted by atomic mass is 16.4. The lowest BCUT2D eigenvalue weighted by Gasteiger charge is -1.87. The molecule has 0 atom stereocenters. The number of aliphatic carboxylic acids is 1. The van der Waals surface area contributed by atoms with Crippen LogP contribution >= 0.6 is 0 Å². The topological polar surface area (TPSA) is 50.4 Å². The number of carboxylic acids is 1. The average Bonchev–Trinajstić information content (AvgIpc) is 2.58. The summed E-state index contributed by atoms with van der Waals surface area (Å²) in [5.74, 6) is -0.963. The van der Waals surface area contributed by atoms with Crippen molar-refractivity contribution in [2.24, 2.45) is 0 Å². The highest BCUT2D eigenvalue weighted by Crippen LogP contribution is 2.21. The smallest absolute Gasteiger partial charge is 0.328 e. The number of fused-ring (bicyclic) bond motifs is 1. The second kappa shape index (κ2) is 3.38. The van der Waals surface area contributed by atoms with Gasteiger partial charge in [0, 0.05) is 17.0 Å². The van der Waals surface area contributed by atoms with E-state index in [1.54, 1.807) is 6.26 Å². The van der Waals surface area contributed by atoms with Crippen LogP contribution in [0.15, 0.2) is 41.0 Å². The van der Waals surface area contributed by atoms with Crippen molar-refractivity contribution in [2.45, 2.75) is 0 Å². The second-order valence-corrected chi connectivity index (χ2v) is 2.86. The fourth-order valence-corrected chi connectivity index (χ4v) is 1.29. The fourth-order valence-electron chi connectivity index (χ4n) is 1.29. The van der Waals surface area contributed by atoms with Gasteiger partial charge in [0.2, 0.25) is 0 Å². The van der Waals surface area contributed by atoms with E-state index < -0.39 is 5.97 Å². The number of rotatable bonds is 2. The number of carboxylic acid groups (broad SMARTS) is 1. The van der Waals surface area contributed by atoms with Gasteiger partial charge < -0.3 is 9.52 Å². The van der Waals surface area contributed by atoms with Crippen molar-refractivity contribution in [1.29, 1.82) is 0 Å². The van der Waals surface area contributed by atoms with Crippen LogP contribution in [-0.4, -0.2) is 11.1 Å². The Morgan fingerprint density at radius 3 is 2.93 bits per heavy atom. The van der Waals surface area contributed by atoms with Gasteiger partial charge in [-0.1, -0.05) is 18.2 Å². The summed E-state index contributed by atoms with van der Waals surface area (Å²) in [6.45, 7) is 0. The lowest BCUT2D eigenvalue weighted by atomic mass is 10.2. The maximum atomic E-state index is 10.3. The van der Waals surface area contributed by atoms with Crippen LogP contribution in [0, 0.1) is 0 Å². The molecule has 0 fully saturated rings. The maximum Gasteiger partial charge on any atom is 0.328 e. The molecule has 2 aromatic rings. The molecule has 0 saturated carbocycles. The molecule has 0 aliphatic carbocycles. The molecule has 3 heteroatoms. The summed E-state index contributed by atoms with van der Waals surface area (Å²) in [6, 6.07) is 7.49. The molecule has 1 N–H and O–H groups in total. The molecule has 0 unspecified atom stereocenters. The lowest BCUT2D eigenvalue weighted by Crippen LogP contribution is -1.84. The van der Waals surface area contributed by atoms with E-state index in [0.29, 0.717) is 0 Å². The highest BCUT2D eigenvalue weighted by molar-refractivity contribution is 5.92. The van der Waals surface area contributed by atoms with Gasteiger partial charge in [-0.05, 0) is 12.1 Å². The van der Waals surface area contributed by atoms with E-state index >= 15 is 0 Å².